The van der Waals surface area contributed by atoms with Crippen molar-refractivity contribution in [2.75, 3.05) is 13.7 Å². The average Bonchev–Trinajstić information content (AvgIpc) is 2.96. The topological polar surface area (TPSA) is 73.2 Å². The van der Waals surface area contributed by atoms with Crippen LogP contribution in [0.5, 0.6) is 0 Å². The van der Waals surface area contributed by atoms with Gasteiger partial charge in [-0.05, 0) is 37.3 Å². The summed E-state index contributed by atoms with van der Waals surface area (Å²) in [7, 11) is 1.32. The van der Waals surface area contributed by atoms with Gasteiger partial charge in [0.15, 0.2) is 0 Å². The van der Waals surface area contributed by atoms with E-state index in [0.29, 0.717) is 5.56 Å². The molecule has 3 aromatic rings. The maximum atomic E-state index is 12.2. The number of hydrogen-bond acceptors (Lipinski definition) is 4. The monoisotopic (exact) mass is 337 g/mol. The van der Waals surface area contributed by atoms with E-state index in [2.05, 4.69) is 15.0 Å². The van der Waals surface area contributed by atoms with Crippen molar-refractivity contribution in [3.05, 3.63) is 59.9 Å². The van der Waals surface area contributed by atoms with Crippen LogP contribution >= 0.6 is 0 Å². The normalized spacial score (nSPS) is 10.6. The fourth-order valence-electron chi connectivity index (χ4n) is 2.73. The van der Waals surface area contributed by atoms with Gasteiger partial charge in [0.25, 0.3) is 5.91 Å². The number of fused-ring (bicyclic) bond motifs is 1. The van der Waals surface area contributed by atoms with Gasteiger partial charge < -0.3 is 10.1 Å². The van der Waals surface area contributed by atoms with E-state index in [1.165, 1.54) is 7.11 Å². The zero-order valence-electron chi connectivity index (χ0n) is 14.2. The van der Waals surface area contributed by atoms with Crippen LogP contribution in [0.2, 0.25) is 0 Å². The lowest BCUT2D eigenvalue weighted by Gasteiger charge is -2.07. The van der Waals surface area contributed by atoms with Gasteiger partial charge in [0, 0.05) is 17.8 Å². The van der Waals surface area contributed by atoms with Crippen LogP contribution in [0.1, 0.15) is 22.6 Å². The lowest BCUT2D eigenvalue weighted by atomic mass is 10.2. The lowest BCUT2D eigenvalue weighted by molar-refractivity contribution is -0.140. The Morgan fingerprint density at radius 1 is 1.16 bits per heavy atom. The summed E-state index contributed by atoms with van der Waals surface area (Å²) in [6, 6.07) is 15.4. The van der Waals surface area contributed by atoms with Crippen molar-refractivity contribution in [1.82, 2.24) is 14.9 Å². The van der Waals surface area contributed by atoms with E-state index in [1.807, 2.05) is 47.9 Å². The van der Waals surface area contributed by atoms with Crippen LogP contribution < -0.4 is 5.32 Å². The summed E-state index contributed by atoms with van der Waals surface area (Å²) in [6.07, 6.45) is 0.145. The quantitative estimate of drug-likeness (QED) is 0.727. The number of carbonyl (C=O) groups is 2. The van der Waals surface area contributed by atoms with Gasteiger partial charge in [-0.15, -0.1) is 0 Å². The summed E-state index contributed by atoms with van der Waals surface area (Å²) in [5.41, 5.74) is 3.23. The predicted molar refractivity (Wildman–Crippen MR) is 94.8 cm³/mol. The summed E-state index contributed by atoms with van der Waals surface area (Å²) in [6.45, 7) is 2.17. The first kappa shape index (κ1) is 16.7. The van der Waals surface area contributed by atoms with Crippen LogP contribution in [0.25, 0.3) is 16.7 Å². The number of methoxy groups -OCH3 is 1. The number of para-hydroxylation sites is 1. The molecule has 25 heavy (non-hydrogen) atoms. The molecule has 0 spiro atoms. The van der Waals surface area contributed by atoms with E-state index < -0.39 is 0 Å². The molecule has 0 fully saturated rings. The van der Waals surface area contributed by atoms with Crippen molar-refractivity contribution in [2.24, 2.45) is 0 Å². The molecule has 0 unspecified atom stereocenters. The second-order valence-electron chi connectivity index (χ2n) is 5.62. The van der Waals surface area contributed by atoms with Gasteiger partial charge in [0.05, 0.1) is 24.6 Å². The van der Waals surface area contributed by atoms with Gasteiger partial charge >= 0.3 is 5.97 Å². The number of nitrogens with zero attached hydrogens (tertiary/aromatic N) is 2. The molecule has 128 valence electrons. The third-order valence-electron chi connectivity index (χ3n) is 3.94. The fourth-order valence-corrected chi connectivity index (χ4v) is 2.73. The number of imidazole rings is 1. The van der Waals surface area contributed by atoms with Crippen molar-refractivity contribution >= 4 is 22.9 Å². The molecule has 1 heterocycles. The van der Waals surface area contributed by atoms with E-state index in [4.69, 9.17) is 0 Å². The van der Waals surface area contributed by atoms with Crippen LogP contribution in [0.15, 0.2) is 48.5 Å². The van der Waals surface area contributed by atoms with Crippen LogP contribution in [0, 0.1) is 6.92 Å². The van der Waals surface area contributed by atoms with Gasteiger partial charge in [0.1, 0.15) is 5.82 Å². The molecular weight excluding hydrogens is 318 g/mol. The Balaban J connectivity index is 1.84. The first-order valence-electron chi connectivity index (χ1n) is 7.99. The first-order chi connectivity index (χ1) is 12.1. The van der Waals surface area contributed by atoms with Crippen molar-refractivity contribution in [1.29, 1.82) is 0 Å². The second kappa shape index (κ2) is 7.17. The Hall–Kier alpha value is -3.15. The average molecular weight is 337 g/mol. The van der Waals surface area contributed by atoms with Crippen LogP contribution in [-0.4, -0.2) is 35.1 Å². The van der Waals surface area contributed by atoms with Crippen molar-refractivity contribution in [3.63, 3.8) is 0 Å². The summed E-state index contributed by atoms with van der Waals surface area (Å²) in [5, 5.41) is 2.71. The molecule has 0 saturated heterocycles. The Kier molecular flexibility index (Phi) is 4.79. The number of carbonyl (C=O) groups excluding carboxylic acids is 2. The first-order valence-corrected chi connectivity index (χ1v) is 7.99. The van der Waals surface area contributed by atoms with Crippen molar-refractivity contribution in [2.45, 2.75) is 13.3 Å². The minimum Gasteiger partial charge on any atom is -0.469 e. The van der Waals surface area contributed by atoms with Crippen LogP contribution in [0.4, 0.5) is 0 Å². The molecule has 0 saturated carbocycles. The van der Waals surface area contributed by atoms with E-state index in [0.717, 1.165) is 22.5 Å². The third kappa shape index (κ3) is 3.52. The second-order valence-corrected chi connectivity index (χ2v) is 5.62. The number of esters is 1. The molecule has 0 radical (unpaired) electrons. The molecular formula is C19H19N3O3. The highest BCUT2D eigenvalue weighted by atomic mass is 16.5. The third-order valence-corrected chi connectivity index (χ3v) is 3.94. The molecule has 1 N–H and O–H groups in total. The van der Waals surface area contributed by atoms with E-state index in [9.17, 15) is 9.59 Å². The standard InChI is InChI=1S/C19H19N3O3/c1-13-21-16-12-14(19(24)20-11-10-18(23)25-2)8-9-17(16)22(13)15-6-4-3-5-7-15/h3-9,12H,10-11H2,1-2H3,(H,20,24). The molecule has 1 aromatic heterocycles. The highest BCUT2D eigenvalue weighted by Crippen LogP contribution is 2.22. The zero-order chi connectivity index (χ0) is 17.8. The maximum absolute atomic E-state index is 12.2. The van der Waals surface area contributed by atoms with E-state index >= 15 is 0 Å². The summed E-state index contributed by atoms with van der Waals surface area (Å²) in [4.78, 5) is 27.9. The Labute approximate surface area is 145 Å². The van der Waals surface area contributed by atoms with Gasteiger partial charge in [-0.25, -0.2) is 4.98 Å². The molecule has 0 aliphatic rings. The highest BCUT2D eigenvalue weighted by Gasteiger charge is 2.13. The predicted octanol–water partition coefficient (Wildman–Crippen LogP) is 2.63. The van der Waals surface area contributed by atoms with Gasteiger partial charge in [-0.1, -0.05) is 18.2 Å². The van der Waals surface area contributed by atoms with Gasteiger partial charge in [-0.3, -0.25) is 14.2 Å². The minimum atomic E-state index is -0.354. The summed E-state index contributed by atoms with van der Waals surface area (Å²) < 4.78 is 6.60. The van der Waals surface area contributed by atoms with Crippen molar-refractivity contribution < 1.29 is 14.3 Å². The van der Waals surface area contributed by atoms with Gasteiger partial charge in [0.2, 0.25) is 0 Å². The smallest absolute Gasteiger partial charge is 0.307 e. The number of nitrogens with one attached hydrogen (secondary N) is 1. The SMILES string of the molecule is COC(=O)CCNC(=O)c1ccc2c(c1)nc(C)n2-c1ccccc1. The molecule has 6 nitrogen and oxygen atoms in total. The van der Waals surface area contributed by atoms with Gasteiger partial charge in [-0.2, -0.15) is 0 Å². The maximum Gasteiger partial charge on any atom is 0.307 e. The Bertz CT molecular complexity index is 916. The molecule has 2 aromatic carbocycles. The number of amides is 1. The Morgan fingerprint density at radius 2 is 1.92 bits per heavy atom. The summed E-state index contributed by atoms with van der Waals surface area (Å²) in [5.74, 6) is 0.259. The molecule has 3 rings (SSSR count). The number of benzene rings is 2. The number of hydrogen-bond donors (Lipinski definition) is 1. The van der Waals surface area contributed by atoms with E-state index in [1.54, 1.807) is 12.1 Å². The number of aromatic nitrogens is 2. The van der Waals surface area contributed by atoms with Crippen LogP contribution in [0.3, 0.4) is 0 Å². The lowest BCUT2D eigenvalue weighted by Crippen LogP contribution is -2.26. The minimum absolute atomic E-state index is 0.145. The number of rotatable bonds is 5. The fraction of sp³-hybridized carbons (Fsp3) is 0.211. The van der Waals surface area contributed by atoms with Crippen LogP contribution in [-0.2, 0) is 9.53 Å². The molecule has 0 aliphatic heterocycles. The molecule has 0 bridgehead atoms. The van der Waals surface area contributed by atoms with E-state index in [-0.39, 0.29) is 24.8 Å². The largest absolute Gasteiger partial charge is 0.469 e. The molecule has 6 heteroatoms. The highest BCUT2D eigenvalue weighted by molar-refractivity contribution is 5.97. The van der Waals surface area contributed by atoms with Crippen molar-refractivity contribution in [3.8, 4) is 5.69 Å². The summed E-state index contributed by atoms with van der Waals surface area (Å²) >= 11 is 0. The molecule has 0 aliphatic carbocycles. The molecule has 0 atom stereocenters. The number of ether oxygens (including phenoxy) is 1. The zero-order valence-corrected chi connectivity index (χ0v) is 14.2. The number of aryl methyl sites for hydroxylation is 1. The molecule has 1 amide bonds. The Morgan fingerprint density at radius 3 is 2.64 bits per heavy atom.